The lowest BCUT2D eigenvalue weighted by Crippen LogP contribution is -2.40. The quantitative estimate of drug-likeness (QED) is 0.0759. The Balaban J connectivity index is 0.00000462. The summed E-state index contributed by atoms with van der Waals surface area (Å²) in [6.45, 7) is 2.32. The first-order valence-corrected chi connectivity index (χ1v) is 12.5. The summed E-state index contributed by atoms with van der Waals surface area (Å²) in [5.74, 6) is -2.22. The van der Waals surface area contributed by atoms with E-state index in [1.165, 1.54) is 31.5 Å². The number of nitriles is 1. The molecular formula is C27H30N8O5. The number of pyridine rings is 2. The summed E-state index contributed by atoms with van der Waals surface area (Å²) >= 11 is 0. The number of ether oxygens (including phenoxy) is 2. The molecular weight excluding hydrogens is 516 g/mol. The van der Waals surface area contributed by atoms with Crippen LogP contribution in [0.4, 0.5) is 5.82 Å². The van der Waals surface area contributed by atoms with Gasteiger partial charge < -0.3 is 19.4 Å². The smallest absolute Gasteiger partial charge is 0.375 e. The predicted molar refractivity (Wildman–Crippen MR) is 147 cm³/mol. The van der Waals surface area contributed by atoms with Gasteiger partial charge in [0.25, 0.3) is 11.7 Å². The highest BCUT2D eigenvalue weighted by molar-refractivity contribution is 6.45. The van der Waals surface area contributed by atoms with Crippen LogP contribution in [-0.2, 0) is 14.3 Å². The molecule has 3 aromatic heterocycles. The second-order valence-corrected chi connectivity index (χ2v) is 8.79. The zero-order valence-corrected chi connectivity index (χ0v) is 22.3. The molecule has 0 unspecified atom stereocenters. The van der Waals surface area contributed by atoms with Gasteiger partial charge >= 0.3 is 5.97 Å². The summed E-state index contributed by atoms with van der Waals surface area (Å²) in [5.41, 5.74) is 5.24. The monoisotopic (exact) mass is 546 g/mol. The van der Waals surface area contributed by atoms with Gasteiger partial charge in [0.15, 0.2) is 5.82 Å². The number of ketones is 1. The van der Waals surface area contributed by atoms with Crippen LogP contribution in [0.25, 0.3) is 16.5 Å². The number of likely N-dealkylation sites (tertiary alicyclic amines) is 1. The van der Waals surface area contributed by atoms with Crippen molar-refractivity contribution < 1.29 is 25.3 Å². The van der Waals surface area contributed by atoms with Crippen molar-refractivity contribution in [3.8, 4) is 11.8 Å². The van der Waals surface area contributed by atoms with Gasteiger partial charge in [-0.3, -0.25) is 30.4 Å². The fourth-order valence-corrected chi connectivity index (χ4v) is 4.40. The number of Topliss-reactive ketones (excluding diaryl/α,β-unsaturated/α-hetero) is 1. The SMILES string of the molecule is CCOC(=O)C(=N)N(C)Nc1ncc(OC)c2c(C(=O)C(=O)N3CCC(=C(C#N)c4ccccn4)CC3)c[nH]c12.[HH]. The van der Waals surface area contributed by atoms with Crippen LogP contribution in [-0.4, -0.2) is 82.2 Å². The summed E-state index contributed by atoms with van der Waals surface area (Å²) in [6.07, 6.45) is 5.31. The number of aromatic nitrogens is 3. The largest absolute Gasteiger partial charge is 0.494 e. The van der Waals surface area contributed by atoms with Crippen molar-refractivity contribution in [1.29, 1.82) is 10.7 Å². The molecule has 3 aromatic rings. The molecule has 1 amide bonds. The van der Waals surface area contributed by atoms with Gasteiger partial charge in [0.1, 0.15) is 11.8 Å². The first-order chi connectivity index (χ1) is 19.3. The third-order valence-electron chi connectivity index (χ3n) is 6.45. The maximum Gasteiger partial charge on any atom is 0.375 e. The molecule has 40 heavy (non-hydrogen) atoms. The molecule has 0 radical (unpaired) electrons. The van der Waals surface area contributed by atoms with E-state index in [2.05, 4.69) is 26.4 Å². The van der Waals surface area contributed by atoms with Crippen LogP contribution in [0.1, 0.15) is 37.2 Å². The molecule has 0 aromatic carbocycles. The summed E-state index contributed by atoms with van der Waals surface area (Å²) in [6, 6.07) is 7.58. The third kappa shape index (κ3) is 5.46. The van der Waals surface area contributed by atoms with E-state index in [9.17, 15) is 19.6 Å². The topological polar surface area (TPSA) is 177 Å². The number of hydrazine groups is 1. The van der Waals surface area contributed by atoms with E-state index in [0.717, 1.165) is 10.6 Å². The Morgan fingerprint density at radius 2 is 2.02 bits per heavy atom. The van der Waals surface area contributed by atoms with E-state index in [0.29, 0.717) is 35.0 Å². The third-order valence-corrected chi connectivity index (χ3v) is 6.45. The fourth-order valence-electron chi connectivity index (χ4n) is 4.40. The van der Waals surface area contributed by atoms with Crippen molar-refractivity contribution in [1.82, 2.24) is 24.9 Å². The van der Waals surface area contributed by atoms with E-state index in [4.69, 9.17) is 14.9 Å². The molecule has 0 spiro atoms. The van der Waals surface area contributed by atoms with Gasteiger partial charge in [-0.15, -0.1) is 0 Å². The van der Waals surface area contributed by atoms with Gasteiger partial charge in [0.2, 0.25) is 5.84 Å². The minimum atomic E-state index is -0.823. The van der Waals surface area contributed by atoms with Gasteiger partial charge in [-0.2, -0.15) is 5.26 Å². The molecule has 0 aliphatic carbocycles. The normalized spacial score (nSPS) is 12.8. The van der Waals surface area contributed by atoms with Gasteiger partial charge in [-0.05, 0) is 37.5 Å². The van der Waals surface area contributed by atoms with Gasteiger partial charge in [-0.1, -0.05) is 6.07 Å². The molecule has 13 nitrogen and oxygen atoms in total. The van der Waals surface area contributed by atoms with Gasteiger partial charge in [0.05, 0.1) is 47.6 Å². The second kappa shape index (κ2) is 12.1. The van der Waals surface area contributed by atoms with Crippen LogP contribution in [0.2, 0.25) is 0 Å². The number of nitrogens with zero attached hydrogens (tertiary/aromatic N) is 5. The molecule has 4 rings (SSSR count). The Hall–Kier alpha value is -5.25. The first-order valence-electron chi connectivity index (χ1n) is 12.5. The number of rotatable bonds is 7. The molecule has 13 heteroatoms. The molecule has 1 fully saturated rings. The van der Waals surface area contributed by atoms with Crippen molar-refractivity contribution in [2.75, 3.05) is 39.3 Å². The highest BCUT2D eigenvalue weighted by atomic mass is 16.5. The predicted octanol–water partition coefficient (Wildman–Crippen LogP) is 2.79. The number of methoxy groups -OCH3 is 1. The number of aromatic amines is 1. The molecule has 4 heterocycles. The fraction of sp³-hybridized carbons (Fsp3) is 0.296. The number of fused-ring (bicyclic) bond motifs is 1. The van der Waals surface area contributed by atoms with E-state index in [1.54, 1.807) is 25.3 Å². The van der Waals surface area contributed by atoms with Crippen LogP contribution in [0, 0.1) is 16.7 Å². The molecule has 0 atom stereocenters. The highest BCUT2D eigenvalue weighted by Crippen LogP contribution is 2.33. The number of carbonyl (C=O) groups is 3. The summed E-state index contributed by atoms with van der Waals surface area (Å²) in [4.78, 5) is 51.5. The van der Waals surface area contributed by atoms with E-state index in [-0.39, 0.29) is 38.3 Å². The minimum absolute atomic E-state index is 0. The number of nitrogens with one attached hydrogen (secondary N) is 3. The van der Waals surface area contributed by atoms with Crippen LogP contribution < -0.4 is 10.2 Å². The Morgan fingerprint density at radius 1 is 1.27 bits per heavy atom. The molecule has 3 N–H and O–H groups in total. The number of anilines is 1. The second-order valence-electron chi connectivity index (χ2n) is 8.79. The van der Waals surface area contributed by atoms with Crippen LogP contribution in [0.5, 0.6) is 5.75 Å². The zero-order valence-electron chi connectivity index (χ0n) is 22.3. The summed E-state index contributed by atoms with van der Waals surface area (Å²) in [5, 5.41) is 19.1. The molecule has 0 saturated carbocycles. The number of amidine groups is 1. The van der Waals surface area contributed by atoms with Crippen molar-refractivity contribution >= 4 is 45.8 Å². The number of likely N-dealkylation sites (N-methyl/N-ethyl adjacent to an activating group) is 1. The number of H-pyrrole nitrogens is 1. The zero-order chi connectivity index (χ0) is 28.8. The van der Waals surface area contributed by atoms with Crippen LogP contribution in [0.15, 0.2) is 42.4 Å². The van der Waals surface area contributed by atoms with Gasteiger partial charge in [-0.25, -0.2) is 9.78 Å². The van der Waals surface area contributed by atoms with Crippen molar-refractivity contribution in [3.63, 3.8) is 0 Å². The lowest BCUT2D eigenvalue weighted by Gasteiger charge is -2.28. The van der Waals surface area contributed by atoms with E-state index >= 15 is 0 Å². The standard InChI is InChI=1S/C27H28N8O5.H2/c1-4-40-27(38)24(29)34(2)33-25-22-21(20(39-3)15-32-25)18(14-31-22)23(36)26(37)35-11-8-16(9-12-35)17(13-28)19-7-5-6-10-30-19;/h5-7,10,14-15,29,31H,4,8-9,11-12H2,1-3H3,(H,32,33);1H. The molecule has 1 aliphatic heterocycles. The average Bonchev–Trinajstić information content (AvgIpc) is 3.43. The first kappa shape index (κ1) is 27.8. The minimum Gasteiger partial charge on any atom is -0.494 e. The van der Waals surface area contributed by atoms with Crippen molar-refractivity contribution in [2.24, 2.45) is 0 Å². The summed E-state index contributed by atoms with van der Waals surface area (Å²) < 4.78 is 10.3. The van der Waals surface area contributed by atoms with Crippen molar-refractivity contribution in [3.05, 3.63) is 53.6 Å². The Bertz CT molecular complexity index is 1540. The number of esters is 1. The lowest BCUT2D eigenvalue weighted by molar-refractivity contribution is -0.135. The van der Waals surface area contributed by atoms with Crippen LogP contribution in [0.3, 0.4) is 0 Å². The maximum absolute atomic E-state index is 13.4. The number of carbonyl (C=O) groups excluding carboxylic acids is 3. The Kier molecular flexibility index (Phi) is 8.39. The average molecular weight is 547 g/mol. The Labute approximate surface area is 231 Å². The van der Waals surface area contributed by atoms with E-state index in [1.807, 2.05) is 6.07 Å². The molecule has 1 saturated heterocycles. The number of allylic oxidation sites excluding steroid dienone is 1. The maximum atomic E-state index is 13.4. The number of amides is 1. The number of hydrogen-bond donors (Lipinski definition) is 3. The van der Waals surface area contributed by atoms with Gasteiger partial charge in [0, 0.05) is 34.0 Å². The Morgan fingerprint density at radius 3 is 2.65 bits per heavy atom. The van der Waals surface area contributed by atoms with Crippen molar-refractivity contribution in [2.45, 2.75) is 19.8 Å². The van der Waals surface area contributed by atoms with Crippen LogP contribution >= 0.6 is 0 Å². The lowest BCUT2D eigenvalue weighted by atomic mass is 9.95. The highest BCUT2D eigenvalue weighted by Gasteiger charge is 2.30. The number of hydrogen-bond acceptors (Lipinski definition) is 10. The van der Waals surface area contributed by atoms with E-state index < -0.39 is 23.5 Å². The molecule has 0 bridgehead atoms. The summed E-state index contributed by atoms with van der Waals surface area (Å²) in [7, 11) is 2.86. The molecule has 1 aliphatic rings. The molecule has 208 valence electrons. The number of piperidine rings is 1.